The van der Waals surface area contributed by atoms with Crippen molar-refractivity contribution in [3.05, 3.63) is 71.8 Å². The van der Waals surface area contributed by atoms with Crippen LogP contribution in [0.4, 0.5) is 5.69 Å². The number of rotatable bonds is 9. The van der Waals surface area contributed by atoms with E-state index in [9.17, 15) is 13.2 Å². The Kier molecular flexibility index (Phi) is 7.55. The van der Waals surface area contributed by atoms with Crippen molar-refractivity contribution in [2.45, 2.75) is 13.8 Å². The summed E-state index contributed by atoms with van der Waals surface area (Å²) in [7, 11) is -3.64. The quantitative estimate of drug-likeness (QED) is 0.388. The lowest BCUT2D eigenvalue weighted by atomic mass is 10.1. The van der Waals surface area contributed by atoms with Gasteiger partial charge in [0.05, 0.1) is 18.2 Å². The zero-order chi connectivity index (χ0) is 21.4. The maximum Gasteiger partial charge on any atom is 0.260 e. The molecule has 0 aromatic heterocycles. The number of carbonyl (C=O) groups excluding carboxylic acids is 1. The molecule has 0 atom stereocenters. The lowest BCUT2D eigenvalue weighted by molar-refractivity contribution is -0.119. The number of hydrogen-bond acceptors (Lipinski definition) is 5. The second-order valence-corrected chi connectivity index (χ2v) is 8.43. The fourth-order valence-corrected chi connectivity index (χ4v) is 3.53. The van der Waals surface area contributed by atoms with E-state index >= 15 is 0 Å². The summed E-state index contributed by atoms with van der Waals surface area (Å²) in [4.78, 5) is 12.3. The Morgan fingerprint density at radius 2 is 1.90 bits per heavy atom. The Balaban J connectivity index is 2.03. The van der Waals surface area contributed by atoms with Gasteiger partial charge in [-0.3, -0.25) is 9.10 Å². The topological polar surface area (TPSA) is 88.1 Å². The number of aryl methyl sites for hydroxylation is 2. The number of hydrogen-bond donors (Lipinski definition) is 1. The number of nitrogens with one attached hydrogen (secondary N) is 1. The molecule has 2 aromatic carbocycles. The number of amides is 1. The molecule has 0 unspecified atom stereocenters. The van der Waals surface area contributed by atoms with Crippen molar-refractivity contribution in [3.63, 3.8) is 0 Å². The lowest BCUT2D eigenvalue weighted by Gasteiger charge is -2.23. The highest BCUT2D eigenvalue weighted by atomic mass is 32.2. The van der Waals surface area contributed by atoms with E-state index in [0.29, 0.717) is 18.0 Å². The van der Waals surface area contributed by atoms with Gasteiger partial charge in [0, 0.05) is 0 Å². The molecule has 29 heavy (non-hydrogen) atoms. The summed E-state index contributed by atoms with van der Waals surface area (Å²) in [6.45, 7) is 7.36. The standard InChI is InChI=1S/C21H25N3O4S/c1-5-12-28-19-9-7-18(8-10-19)14-22-23-21(25)15-24(29(4,26)27)20-11-6-16(2)13-17(20)3/h5-11,13-14H,1,12,15H2,2-4H3,(H,23,25)/b22-14-. The highest BCUT2D eigenvalue weighted by molar-refractivity contribution is 7.92. The molecule has 0 saturated heterocycles. The third-order valence-corrected chi connectivity index (χ3v) is 5.09. The minimum Gasteiger partial charge on any atom is -0.490 e. The molecule has 0 fully saturated rings. The number of sulfonamides is 1. The first-order chi connectivity index (χ1) is 13.7. The molecule has 0 aliphatic carbocycles. The first-order valence-electron chi connectivity index (χ1n) is 8.91. The van der Waals surface area contributed by atoms with Gasteiger partial charge in [-0.2, -0.15) is 5.10 Å². The Hall–Kier alpha value is -3.13. The van der Waals surface area contributed by atoms with Crippen molar-refractivity contribution in [2.24, 2.45) is 5.10 Å². The van der Waals surface area contributed by atoms with Crippen molar-refractivity contribution in [1.29, 1.82) is 0 Å². The van der Waals surface area contributed by atoms with E-state index in [-0.39, 0.29) is 6.54 Å². The maximum absolute atomic E-state index is 12.3. The molecule has 0 heterocycles. The van der Waals surface area contributed by atoms with E-state index in [2.05, 4.69) is 17.1 Å². The van der Waals surface area contributed by atoms with Gasteiger partial charge >= 0.3 is 0 Å². The maximum atomic E-state index is 12.3. The molecule has 0 saturated carbocycles. The van der Waals surface area contributed by atoms with Gasteiger partial charge in [0.2, 0.25) is 10.0 Å². The van der Waals surface area contributed by atoms with Crippen LogP contribution in [0.1, 0.15) is 16.7 Å². The summed E-state index contributed by atoms with van der Waals surface area (Å²) >= 11 is 0. The summed E-state index contributed by atoms with van der Waals surface area (Å²) in [6.07, 6.45) is 4.19. The van der Waals surface area contributed by atoms with Crippen LogP contribution in [0.5, 0.6) is 5.75 Å². The van der Waals surface area contributed by atoms with Crippen LogP contribution in [0.15, 0.2) is 60.2 Å². The van der Waals surface area contributed by atoms with Crippen LogP contribution in [-0.4, -0.2) is 39.9 Å². The Bertz CT molecular complexity index is 999. The van der Waals surface area contributed by atoms with E-state index in [1.165, 1.54) is 6.21 Å². The van der Waals surface area contributed by atoms with Crippen LogP contribution in [0.25, 0.3) is 0 Å². The fourth-order valence-electron chi connectivity index (χ4n) is 2.62. The molecule has 0 radical (unpaired) electrons. The van der Waals surface area contributed by atoms with Gasteiger partial charge in [-0.1, -0.05) is 30.4 Å². The van der Waals surface area contributed by atoms with Crippen LogP contribution < -0.4 is 14.5 Å². The monoisotopic (exact) mass is 415 g/mol. The first kappa shape index (κ1) is 22.2. The highest BCUT2D eigenvalue weighted by Gasteiger charge is 2.22. The third-order valence-electron chi connectivity index (χ3n) is 3.96. The van der Waals surface area contributed by atoms with Crippen molar-refractivity contribution >= 4 is 27.8 Å². The van der Waals surface area contributed by atoms with Crippen LogP contribution in [0, 0.1) is 13.8 Å². The van der Waals surface area contributed by atoms with Crippen LogP contribution in [0.3, 0.4) is 0 Å². The lowest BCUT2D eigenvalue weighted by Crippen LogP contribution is -2.39. The van der Waals surface area contributed by atoms with Crippen molar-refractivity contribution in [2.75, 3.05) is 23.7 Å². The number of carbonyl (C=O) groups is 1. The van der Waals surface area contributed by atoms with Crippen molar-refractivity contribution in [1.82, 2.24) is 5.43 Å². The van der Waals surface area contributed by atoms with E-state index < -0.39 is 15.9 Å². The van der Waals surface area contributed by atoms with Gasteiger partial charge in [0.15, 0.2) is 0 Å². The molecular weight excluding hydrogens is 390 g/mol. The minimum atomic E-state index is -3.64. The Morgan fingerprint density at radius 1 is 1.21 bits per heavy atom. The number of hydrazone groups is 1. The van der Waals surface area contributed by atoms with Gasteiger partial charge in [-0.25, -0.2) is 13.8 Å². The SMILES string of the molecule is C=CCOc1ccc(/C=N\NC(=O)CN(c2ccc(C)cc2C)S(C)(=O)=O)cc1. The molecule has 8 heteroatoms. The van der Waals surface area contributed by atoms with E-state index in [4.69, 9.17) is 4.74 Å². The highest BCUT2D eigenvalue weighted by Crippen LogP contribution is 2.23. The molecule has 0 bridgehead atoms. The molecule has 1 N–H and O–H groups in total. The van der Waals surface area contributed by atoms with Crippen LogP contribution in [-0.2, 0) is 14.8 Å². The predicted octanol–water partition coefficient (Wildman–Crippen LogP) is 2.78. The molecule has 2 aromatic rings. The van der Waals surface area contributed by atoms with Crippen molar-refractivity contribution in [3.8, 4) is 5.75 Å². The predicted molar refractivity (Wildman–Crippen MR) is 116 cm³/mol. The van der Waals surface area contributed by atoms with Crippen molar-refractivity contribution < 1.29 is 17.9 Å². The zero-order valence-electron chi connectivity index (χ0n) is 16.8. The summed E-state index contributed by atoms with van der Waals surface area (Å²) in [6, 6.07) is 12.5. The van der Waals surface area contributed by atoms with Gasteiger partial charge in [-0.15, -0.1) is 0 Å². The molecule has 154 valence electrons. The average molecular weight is 416 g/mol. The van der Waals surface area contributed by atoms with Gasteiger partial charge in [0.25, 0.3) is 5.91 Å². The fraction of sp³-hybridized carbons (Fsp3) is 0.238. The largest absolute Gasteiger partial charge is 0.490 e. The van der Waals surface area contributed by atoms with Gasteiger partial charge in [-0.05, 0) is 55.3 Å². The van der Waals surface area contributed by atoms with E-state index in [0.717, 1.165) is 27.3 Å². The molecule has 2 rings (SSSR count). The van der Waals surface area contributed by atoms with E-state index in [1.807, 2.05) is 13.0 Å². The Morgan fingerprint density at radius 3 is 2.48 bits per heavy atom. The van der Waals surface area contributed by atoms with Gasteiger partial charge < -0.3 is 4.74 Å². The number of benzene rings is 2. The normalized spacial score (nSPS) is 11.3. The van der Waals surface area contributed by atoms with Gasteiger partial charge in [0.1, 0.15) is 18.9 Å². The number of ether oxygens (including phenoxy) is 1. The summed E-state index contributed by atoms with van der Waals surface area (Å²) in [5.74, 6) is 0.154. The van der Waals surface area contributed by atoms with Crippen LogP contribution in [0.2, 0.25) is 0 Å². The summed E-state index contributed by atoms with van der Waals surface area (Å²) in [5.41, 5.74) is 5.36. The zero-order valence-corrected chi connectivity index (χ0v) is 17.6. The molecular formula is C21H25N3O4S. The third kappa shape index (κ3) is 6.76. The number of anilines is 1. The molecule has 0 aliphatic rings. The molecule has 0 spiro atoms. The smallest absolute Gasteiger partial charge is 0.260 e. The van der Waals surface area contributed by atoms with Crippen LogP contribution >= 0.6 is 0 Å². The summed E-state index contributed by atoms with van der Waals surface area (Å²) < 4.78 is 30.9. The average Bonchev–Trinajstić information content (AvgIpc) is 2.65. The van der Waals surface area contributed by atoms with E-state index in [1.54, 1.807) is 49.4 Å². The summed E-state index contributed by atoms with van der Waals surface area (Å²) in [5, 5.41) is 3.90. The molecule has 0 aliphatic heterocycles. The Labute approximate surface area is 171 Å². The molecule has 7 nitrogen and oxygen atoms in total. The molecule has 1 amide bonds. The second-order valence-electron chi connectivity index (χ2n) is 6.52. The number of nitrogens with zero attached hydrogens (tertiary/aromatic N) is 2. The minimum absolute atomic E-state index is 0.367. The second kappa shape index (κ2) is 9.88. The first-order valence-corrected chi connectivity index (χ1v) is 10.8.